The van der Waals surface area contributed by atoms with Crippen LogP contribution in [0.4, 0.5) is 0 Å². The molecule has 3 aliphatic rings. The molecule has 38 heavy (non-hydrogen) atoms. The van der Waals surface area contributed by atoms with Gasteiger partial charge in [0.15, 0.2) is 0 Å². The van der Waals surface area contributed by atoms with Gasteiger partial charge in [0.2, 0.25) is 0 Å². The van der Waals surface area contributed by atoms with Gasteiger partial charge >= 0.3 is 233 Å². The van der Waals surface area contributed by atoms with Gasteiger partial charge in [-0.15, -0.1) is 0 Å². The van der Waals surface area contributed by atoms with Gasteiger partial charge in [-0.3, -0.25) is 0 Å². The zero-order chi connectivity index (χ0) is 26.1. The molecule has 5 heteroatoms. The number of hydrogen-bond donors (Lipinski definition) is 1. The molecule has 0 spiro atoms. The SMILES string of the molecule is C=C(C)/C=C\C(=C)C1=NI(C2=CC=CCC2)N=C(C2=CC=CCC2n2c3ccccc3c3ccccc32)N1. The van der Waals surface area contributed by atoms with Crippen LogP contribution in [0.15, 0.2) is 137 Å². The third-order valence-corrected chi connectivity index (χ3v) is 11.0. The van der Waals surface area contributed by atoms with Crippen LogP contribution in [0.3, 0.4) is 0 Å². The number of aromatic nitrogens is 1. The molecule has 190 valence electrons. The molecule has 6 rings (SSSR count). The Morgan fingerprint density at radius 1 is 0.947 bits per heavy atom. The molecule has 0 bridgehead atoms. The molecule has 1 aliphatic heterocycles. The number of nitrogens with one attached hydrogen (secondary N) is 1. The number of benzene rings is 2. The first kappa shape index (κ1) is 24.6. The van der Waals surface area contributed by atoms with E-state index in [4.69, 9.17) is 6.41 Å². The predicted octanol–water partition coefficient (Wildman–Crippen LogP) is 8.88. The minimum atomic E-state index is -2.19. The minimum absolute atomic E-state index is 0.118. The van der Waals surface area contributed by atoms with Crippen LogP contribution < -0.4 is 5.32 Å². The molecule has 3 aromatic rings. The number of fused-ring (bicyclic) bond motifs is 3. The second-order valence-electron chi connectivity index (χ2n) is 9.73. The van der Waals surface area contributed by atoms with Crippen LogP contribution in [0, 0.1) is 0 Å². The summed E-state index contributed by atoms with van der Waals surface area (Å²) in [5.41, 5.74) is 5.52. The van der Waals surface area contributed by atoms with Crippen LogP contribution in [0.25, 0.3) is 21.8 Å². The van der Waals surface area contributed by atoms with Crippen molar-refractivity contribution in [3.63, 3.8) is 0 Å². The van der Waals surface area contributed by atoms with Crippen LogP contribution in [-0.2, 0) is 0 Å². The van der Waals surface area contributed by atoms with Crippen LogP contribution >= 0.6 is 20.4 Å². The number of nitrogens with zero attached hydrogens (tertiary/aromatic N) is 3. The van der Waals surface area contributed by atoms with Crippen molar-refractivity contribution in [2.24, 2.45) is 6.41 Å². The molecule has 1 atom stereocenters. The average Bonchev–Trinajstić information content (AvgIpc) is 3.30. The molecule has 0 saturated heterocycles. The first-order chi connectivity index (χ1) is 18.6. The zero-order valence-corrected chi connectivity index (χ0v) is 23.7. The van der Waals surface area contributed by atoms with Gasteiger partial charge < -0.3 is 0 Å². The fourth-order valence-electron chi connectivity index (χ4n) is 5.12. The molecule has 1 aromatic heterocycles. The van der Waals surface area contributed by atoms with E-state index in [2.05, 4.69) is 108 Å². The number of para-hydroxylation sites is 2. The maximum atomic E-state index is 5.35. The Balaban J connectivity index is 1.46. The molecule has 4 nitrogen and oxygen atoms in total. The van der Waals surface area contributed by atoms with Crippen molar-refractivity contribution in [1.29, 1.82) is 0 Å². The first-order valence-electron chi connectivity index (χ1n) is 13.0. The topological polar surface area (TPSA) is 41.7 Å². The fraction of sp³-hybridized carbons (Fsp3) is 0.152. The van der Waals surface area contributed by atoms with Crippen molar-refractivity contribution in [3.8, 4) is 0 Å². The Labute approximate surface area is 232 Å². The number of hydrogen-bond acceptors (Lipinski definition) is 3. The predicted molar refractivity (Wildman–Crippen MR) is 172 cm³/mol. The Morgan fingerprint density at radius 2 is 1.66 bits per heavy atom. The molecule has 2 heterocycles. The molecule has 0 radical (unpaired) electrons. The molecule has 2 aromatic carbocycles. The second-order valence-corrected chi connectivity index (χ2v) is 13.5. The fourth-order valence-corrected chi connectivity index (χ4v) is 8.91. The van der Waals surface area contributed by atoms with Crippen molar-refractivity contribution in [2.45, 2.75) is 32.2 Å². The van der Waals surface area contributed by atoms with Crippen molar-refractivity contribution >= 4 is 53.8 Å². The van der Waals surface area contributed by atoms with E-state index >= 15 is 0 Å². The zero-order valence-electron chi connectivity index (χ0n) is 21.6. The maximum absolute atomic E-state index is 5.35. The molecule has 0 saturated carbocycles. The number of allylic oxidation sites excluding steroid dienone is 9. The third-order valence-electron chi connectivity index (χ3n) is 6.95. The normalized spacial score (nSPS) is 20.2. The monoisotopic (exact) mass is 610 g/mol. The van der Waals surface area contributed by atoms with Crippen LogP contribution in [0.5, 0.6) is 0 Å². The van der Waals surface area contributed by atoms with Crippen molar-refractivity contribution in [2.75, 3.05) is 0 Å². The number of amidine groups is 2. The van der Waals surface area contributed by atoms with Crippen molar-refractivity contribution in [3.05, 3.63) is 131 Å². The summed E-state index contributed by atoms with van der Waals surface area (Å²) in [6, 6.07) is 17.5. The molecule has 2 aliphatic carbocycles. The van der Waals surface area contributed by atoms with E-state index in [0.717, 1.165) is 42.1 Å². The van der Waals surface area contributed by atoms with Crippen molar-refractivity contribution in [1.82, 2.24) is 9.88 Å². The summed E-state index contributed by atoms with van der Waals surface area (Å²) in [7, 11) is 0. The summed E-state index contributed by atoms with van der Waals surface area (Å²) in [5, 5.41) is 6.16. The average molecular weight is 611 g/mol. The van der Waals surface area contributed by atoms with Crippen LogP contribution in [0.1, 0.15) is 32.2 Å². The summed E-state index contributed by atoms with van der Waals surface area (Å²) in [5.74, 6) is 1.75. The van der Waals surface area contributed by atoms with Gasteiger partial charge in [-0.2, -0.15) is 0 Å². The number of rotatable bonds is 6. The van der Waals surface area contributed by atoms with Crippen LogP contribution in [-0.4, -0.2) is 16.2 Å². The Kier molecular flexibility index (Phi) is 6.85. The quantitative estimate of drug-likeness (QED) is 0.220. The summed E-state index contributed by atoms with van der Waals surface area (Å²) >= 11 is -2.19. The van der Waals surface area contributed by atoms with Gasteiger partial charge in [-0.1, -0.05) is 0 Å². The third kappa shape index (κ3) is 4.67. The van der Waals surface area contributed by atoms with Gasteiger partial charge in [0.1, 0.15) is 0 Å². The molecule has 1 unspecified atom stereocenters. The van der Waals surface area contributed by atoms with E-state index in [0.29, 0.717) is 0 Å². The van der Waals surface area contributed by atoms with E-state index in [1.165, 1.54) is 31.0 Å². The van der Waals surface area contributed by atoms with E-state index in [-0.39, 0.29) is 6.04 Å². The van der Waals surface area contributed by atoms with Gasteiger partial charge in [0.25, 0.3) is 0 Å². The summed E-state index contributed by atoms with van der Waals surface area (Å²) in [4.78, 5) is 0. The van der Waals surface area contributed by atoms with E-state index in [1.807, 2.05) is 19.1 Å². The van der Waals surface area contributed by atoms with Crippen LogP contribution in [0.2, 0.25) is 0 Å². The molecule has 1 N–H and O–H groups in total. The van der Waals surface area contributed by atoms with Crippen molar-refractivity contribution < 1.29 is 0 Å². The number of halogens is 1. The van der Waals surface area contributed by atoms with Gasteiger partial charge in [0.05, 0.1) is 0 Å². The van der Waals surface area contributed by atoms with E-state index < -0.39 is 20.4 Å². The van der Waals surface area contributed by atoms with Gasteiger partial charge in [-0.25, -0.2) is 0 Å². The molecule has 0 fully saturated rings. The summed E-state index contributed by atoms with van der Waals surface area (Å²) in [6.45, 7) is 10.3. The summed E-state index contributed by atoms with van der Waals surface area (Å²) in [6.07, 6.45) is 20.2. The Hall–Kier alpha value is -3.71. The first-order valence-corrected chi connectivity index (χ1v) is 16.0. The van der Waals surface area contributed by atoms with Gasteiger partial charge in [0, 0.05) is 0 Å². The molecular weight excluding hydrogens is 579 g/mol. The van der Waals surface area contributed by atoms with Gasteiger partial charge in [-0.05, 0) is 0 Å². The van der Waals surface area contributed by atoms with E-state index in [1.54, 1.807) is 0 Å². The second kappa shape index (κ2) is 10.6. The standard InChI is InChI=1S/C33H31IN4/c1-23(2)21-22-24(3)32-35-33(37-34(36-32)25-13-5-4-6-14-25)28-17-9-12-20-31(28)38-29-18-10-7-15-26(29)27-16-8-11-19-30(27)38/h4-5,7-13,15-19,21-22,31H,1,3,6,14,20H2,2H3,(H,35,36,37)/b22-21-. The molecular formula is C33H31IN4. The Bertz CT molecular complexity index is 1620. The molecule has 0 amide bonds. The summed E-state index contributed by atoms with van der Waals surface area (Å²) < 4.78 is 14.4. The Morgan fingerprint density at radius 3 is 2.34 bits per heavy atom. The van der Waals surface area contributed by atoms with E-state index in [9.17, 15) is 0 Å².